The van der Waals surface area contributed by atoms with Crippen LogP contribution in [0.2, 0.25) is 0 Å². The largest absolute Gasteiger partial charge is 0.481 e. The van der Waals surface area contributed by atoms with Gasteiger partial charge in [-0.15, -0.1) is 0 Å². The first-order valence-corrected chi connectivity index (χ1v) is 12.3. The van der Waals surface area contributed by atoms with E-state index in [1.54, 1.807) is 4.90 Å². The van der Waals surface area contributed by atoms with Crippen LogP contribution < -0.4 is 0 Å². The van der Waals surface area contributed by atoms with Crippen LogP contribution in [-0.2, 0) is 21.5 Å². The first-order valence-electron chi connectivity index (χ1n) is 12.3. The van der Waals surface area contributed by atoms with Gasteiger partial charge in [-0.1, -0.05) is 84.0 Å². The lowest BCUT2D eigenvalue weighted by Gasteiger charge is -2.21. The van der Waals surface area contributed by atoms with Gasteiger partial charge in [-0.05, 0) is 42.0 Å². The Morgan fingerprint density at radius 3 is 2.22 bits per heavy atom. The van der Waals surface area contributed by atoms with Crippen molar-refractivity contribution in [2.24, 2.45) is 0 Å². The van der Waals surface area contributed by atoms with Crippen LogP contribution in [0, 0.1) is 6.92 Å². The molecule has 7 nitrogen and oxygen atoms in total. The molecule has 1 amide bonds. The molecular formula is C30H26N2O5. The second kappa shape index (κ2) is 8.92. The molecule has 1 saturated heterocycles. The van der Waals surface area contributed by atoms with Gasteiger partial charge in [0, 0.05) is 11.1 Å². The number of benzene rings is 3. The van der Waals surface area contributed by atoms with Crippen molar-refractivity contribution in [2.45, 2.75) is 37.8 Å². The fraction of sp³-hybridized carbons (Fsp3) is 0.233. The number of carbonyl (C=O) groups is 2. The van der Waals surface area contributed by atoms with Gasteiger partial charge in [-0.2, -0.15) is 0 Å². The average Bonchev–Trinajstić information content (AvgIpc) is 3.57. The van der Waals surface area contributed by atoms with Crippen LogP contribution in [0.5, 0.6) is 0 Å². The number of carboxylic acid groups (broad SMARTS) is 1. The molecule has 0 spiro atoms. The molecule has 1 atom stereocenters. The smallest absolute Gasteiger partial charge is 0.410 e. The third-order valence-electron chi connectivity index (χ3n) is 7.55. The van der Waals surface area contributed by atoms with E-state index < -0.39 is 11.4 Å². The minimum absolute atomic E-state index is 0.169. The van der Waals surface area contributed by atoms with Crippen LogP contribution in [0.4, 0.5) is 4.79 Å². The summed E-state index contributed by atoms with van der Waals surface area (Å²) in [5.74, 6) is -0.122. The summed E-state index contributed by atoms with van der Waals surface area (Å²) in [6.45, 7) is 2.52. The summed E-state index contributed by atoms with van der Waals surface area (Å²) < 4.78 is 11.1. The SMILES string of the molecule is Cc1noc(-c2ccc(-c3ccc(C4(C(=O)O)CC4)cc3)cc2)c1CN1C(=O)OC[C@@H]1c1ccccc1. The number of hydrogen-bond donors (Lipinski definition) is 1. The van der Waals surface area contributed by atoms with Crippen LogP contribution in [0.25, 0.3) is 22.5 Å². The molecule has 0 bridgehead atoms. The van der Waals surface area contributed by atoms with E-state index in [9.17, 15) is 14.7 Å². The maximum atomic E-state index is 12.6. The van der Waals surface area contributed by atoms with E-state index in [4.69, 9.17) is 9.26 Å². The molecule has 0 unspecified atom stereocenters. The van der Waals surface area contributed by atoms with E-state index >= 15 is 0 Å². The van der Waals surface area contributed by atoms with Gasteiger partial charge in [0.2, 0.25) is 0 Å². The fourth-order valence-electron chi connectivity index (χ4n) is 5.10. The molecule has 1 aromatic heterocycles. The van der Waals surface area contributed by atoms with E-state index in [0.29, 0.717) is 31.8 Å². The second-order valence-corrected chi connectivity index (χ2v) is 9.75. The standard InChI is InChI=1S/C30H26N2O5/c1-19-25(17-32-26(18-36-29(32)35)22-5-3-2-4-6-22)27(37-31-19)23-9-7-20(8-10-23)21-11-13-24(14-12-21)30(15-16-30)28(33)34/h2-14,26H,15-18H2,1H3,(H,33,34)/t26-/m1/s1. The normalized spacial score (nSPS) is 18.0. The molecular weight excluding hydrogens is 468 g/mol. The minimum Gasteiger partial charge on any atom is -0.481 e. The molecule has 6 rings (SSSR count). The highest BCUT2D eigenvalue weighted by Gasteiger charge is 2.51. The summed E-state index contributed by atoms with van der Waals surface area (Å²) in [7, 11) is 0. The van der Waals surface area contributed by atoms with Crippen LogP contribution in [0.3, 0.4) is 0 Å². The fourth-order valence-corrected chi connectivity index (χ4v) is 5.10. The highest BCUT2D eigenvalue weighted by molar-refractivity contribution is 5.85. The predicted molar refractivity (Wildman–Crippen MR) is 137 cm³/mol. The van der Waals surface area contributed by atoms with Crippen molar-refractivity contribution < 1.29 is 24.0 Å². The summed E-state index contributed by atoms with van der Waals surface area (Å²) in [5.41, 5.74) is 5.64. The number of amides is 1. The van der Waals surface area contributed by atoms with E-state index in [1.165, 1.54) is 0 Å². The number of ether oxygens (including phenoxy) is 1. The molecule has 37 heavy (non-hydrogen) atoms. The zero-order valence-electron chi connectivity index (χ0n) is 20.4. The highest BCUT2D eigenvalue weighted by Crippen LogP contribution is 2.48. The Balaban J connectivity index is 1.24. The Hall–Kier alpha value is -4.39. The first-order chi connectivity index (χ1) is 18.0. The summed E-state index contributed by atoms with van der Waals surface area (Å²) in [6, 6.07) is 25.4. The van der Waals surface area contributed by atoms with Gasteiger partial charge in [0.05, 0.1) is 23.7 Å². The molecule has 1 aliphatic carbocycles. The Labute approximate surface area is 214 Å². The van der Waals surface area contributed by atoms with Gasteiger partial charge in [-0.3, -0.25) is 9.69 Å². The Morgan fingerprint density at radius 1 is 0.973 bits per heavy atom. The summed E-state index contributed by atoms with van der Waals surface area (Å²) in [4.78, 5) is 25.9. The number of cyclic esters (lactones) is 1. The number of hydrogen-bond acceptors (Lipinski definition) is 5. The first kappa shape index (κ1) is 23.0. The van der Waals surface area contributed by atoms with Gasteiger partial charge >= 0.3 is 12.1 Å². The number of carbonyl (C=O) groups excluding carboxylic acids is 1. The molecule has 2 heterocycles. The van der Waals surface area contributed by atoms with Gasteiger partial charge in [0.15, 0.2) is 5.76 Å². The van der Waals surface area contributed by atoms with Crippen molar-refractivity contribution in [3.05, 3.63) is 101 Å². The molecule has 3 aromatic carbocycles. The van der Waals surface area contributed by atoms with Crippen molar-refractivity contribution in [2.75, 3.05) is 6.61 Å². The van der Waals surface area contributed by atoms with Gasteiger partial charge in [0.1, 0.15) is 6.61 Å². The molecule has 0 radical (unpaired) electrons. The summed E-state index contributed by atoms with van der Waals surface area (Å²) >= 11 is 0. The van der Waals surface area contributed by atoms with Crippen LogP contribution >= 0.6 is 0 Å². The maximum absolute atomic E-state index is 12.6. The number of nitrogens with zero attached hydrogens (tertiary/aromatic N) is 2. The lowest BCUT2D eigenvalue weighted by Crippen LogP contribution is -2.27. The lowest BCUT2D eigenvalue weighted by molar-refractivity contribution is -0.140. The maximum Gasteiger partial charge on any atom is 0.410 e. The molecule has 1 saturated carbocycles. The highest BCUT2D eigenvalue weighted by atomic mass is 16.6. The van der Waals surface area contributed by atoms with Crippen LogP contribution in [0.1, 0.15) is 41.3 Å². The Morgan fingerprint density at radius 2 is 1.59 bits per heavy atom. The zero-order valence-corrected chi connectivity index (χ0v) is 20.4. The summed E-state index contributed by atoms with van der Waals surface area (Å²) in [6.07, 6.45) is 1.03. The van der Waals surface area contributed by atoms with Gasteiger partial charge < -0.3 is 14.4 Å². The van der Waals surface area contributed by atoms with E-state index in [1.807, 2.05) is 85.8 Å². The lowest BCUT2D eigenvalue weighted by atomic mass is 9.93. The topological polar surface area (TPSA) is 92.9 Å². The monoisotopic (exact) mass is 494 g/mol. The number of aliphatic carboxylic acids is 1. The Bertz CT molecular complexity index is 1450. The quantitative estimate of drug-likeness (QED) is 0.332. The molecule has 1 N–H and O–H groups in total. The molecule has 7 heteroatoms. The number of carboxylic acids is 1. The number of aryl methyl sites for hydroxylation is 1. The van der Waals surface area contributed by atoms with Crippen molar-refractivity contribution in [3.8, 4) is 22.5 Å². The number of rotatable bonds is 7. The van der Waals surface area contributed by atoms with E-state index in [0.717, 1.165) is 39.1 Å². The molecule has 1 aliphatic heterocycles. The van der Waals surface area contributed by atoms with E-state index in [-0.39, 0.29) is 12.1 Å². The molecule has 2 fully saturated rings. The minimum atomic E-state index is -0.750. The van der Waals surface area contributed by atoms with Crippen molar-refractivity contribution in [1.82, 2.24) is 10.1 Å². The molecule has 186 valence electrons. The van der Waals surface area contributed by atoms with Gasteiger partial charge in [-0.25, -0.2) is 4.79 Å². The van der Waals surface area contributed by atoms with E-state index in [2.05, 4.69) is 5.16 Å². The van der Waals surface area contributed by atoms with Crippen molar-refractivity contribution in [1.29, 1.82) is 0 Å². The second-order valence-electron chi connectivity index (χ2n) is 9.75. The third-order valence-corrected chi connectivity index (χ3v) is 7.55. The zero-order chi connectivity index (χ0) is 25.6. The van der Waals surface area contributed by atoms with Gasteiger partial charge in [0.25, 0.3) is 0 Å². The molecule has 4 aromatic rings. The van der Waals surface area contributed by atoms with Crippen LogP contribution in [-0.4, -0.2) is 33.8 Å². The van der Waals surface area contributed by atoms with Crippen molar-refractivity contribution >= 4 is 12.1 Å². The van der Waals surface area contributed by atoms with Crippen LogP contribution in [0.15, 0.2) is 83.4 Å². The average molecular weight is 495 g/mol. The van der Waals surface area contributed by atoms with Crippen molar-refractivity contribution in [3.63, 3.8) is 0 Å². The Kier molecular flexibility index (Phi) is 5.56. The number of aromatic nitrogens is 1. The predicted octanol–water partition coefficient (Wildman–Crippen LogP) is 6.13. The molecule has 2 aliphatic rings. The summed E-state index contributed by atoms with van der Waals surface area (Å²) in [5, 5.41) is 13.7. The third kappa shape index (κ3) is 4.06.